The smallest absolute Gasteiger partial charge is 0.252 e. The second kappa shape index (κ2) is 7.06. The molecule has 0 bridgehead atoms. The molecule has 1 saturated heterocycles. The lowest BCUT2D eigenvalue weighted by atomic mass is 10.0. The fraction of sp³-hybridized carbons (Fsp3) is 0.364. The molecule has 0 unspecified atom stereocenters. The average Bonchev–Trinajstić information content (AvgIpc) is 3.00. The summed E-state index contributed by atoms with van der Waals surface area (Å²) in [5, 5.41) is 2.94. The fourth-order valence-corrected chi connectivity index (χ4v) is 4.06. The first-order valence-electron chi connectivity index (χ1n) is 9.53. The van der Waals surface area contributed by atoms with Crippen LogP contribution >= 0.6 is 0 Å². The van der Waals surface area contributed by atoms with Crippen LogP contribution in [0.15, 0.2) is 42.5 Å². The van der Waals surface area contributed by atoms with Crippen molar-refractivity contribution in [1.82, 2.24) is 10.2 Å². The predicted octanol–water partition coefficient (Wildman–Crippen LogP) is 2.83. The number of fused-ring (bicyclic) bond motifs is 1. The Morgan fingerprint density at radius 2 is 1.78 bits per heavy atom. The molecule has 2 heterocycles. The van der Waals surface area contributed by atoms with Gasteiger partial charge in [0.25, 0.3) is 5.91 Å². The van der Waals surface area contributed by atoms with Crippen LogP contribution in [0.5, 0.6) is 0 Å². The van der Waals surface area contributed by atoms with Crippen molar-refractivity contribution in [3.63, 3.8) is 0 Å². The van der Waals surface area contributed by atoms with Gasteiger partial charge in [0, 0.05) is 37.4 Å². The zero-order chi connectivity index (χ0) is 19.0. The predicted molar refractivity (Wildman–Crippen MR) is 106 cm³/mol. The van der Waals surface area contributed by atoms with Gasteiger partial charge in [-0.3, -0.25) is 9.59 Å². The molecule has 0 saturated carbocycles. The standard InChI is InChI=1S/C22H25N3O2/c1-15-6-5-9-20(16(15)2)24-10-12-25(13-11-24)21(26)14-19-17-7-3-4-8-18(17)22(27)23-19/h3-9,19H,10-14H2,1-2H3,(H,23,27)/t19-/m1/s1. The lowest BCUT2D eigenvalue weighted by Gasteiger charge is -2.37. The first-order valence-corrected chi connectivity index (χ1v) is 9.53. The number of piperazine rings is 1. The maximum Gasteiger partial charge on any atom is 0.252 e. The Labute approximate surface area is 160 Å². The van der Waals surface area contributed by atoms with Crippen molar-refractivity contribution in [2.75, 3.05) is 31.1 Å². The summed E-state index contributed by atoms with van der Waals surface area (Å²) in [6, 6.07) is 13.7. The van der Waals surface area contributed by atoms with Crippen LogP contribution < -0.4 is 10.2 Å². The van der Waals surface area contributed by atoms with Crippen LogP contribution in [0, 0.1) is 13.8 Å². The molecule has 140 valence electrons. The first-order chi connectivity index (χ1) is 13.0. The van der Waals surface area contributed by atoms with E-state index in [2.05, 4.69) is 42.3 Å². The van der Waals surface area contributed by atoms with Crippen molar-refractivity contribution in [1.29, 1.82) is 0 Å². The van der Waals surface area contributed by atoms with Gasteiger partial charge in [0.15, 0.2) is 0 Å². The van der Waals surface area contributed by atoms with Crippen LogP contribution in [0.3, 0.4) is 0 Å². The minimum Gasteiger partial charge on any atom is -0.368 e. The van der Waals surface area contributed by atoms with Crippen molar-refractivity contribution in [2.45, 2.75) is 26.3 Å². The molecule has 2 amide bonds. The number of anilines is 1. The minimum atomic E-state index is -0.210. The second-order valence-electron chi connectivity index (χ2n) is 7.40. The third-order valence-corrected chi connectivity index (χ3v) is 5.81. The molecule has 1 N–H and O–H groups in total. The van der Waals surface area contributed by atoms with Gasteiger partial charge in [-0.25, -0.2) is 0 Å². The highest BCUT2D eigenvalue weighted by Gasteiger charge is 2.31. The molecule has 1 fully saturated rings. The monoisotopic (exact) mass is 363 g/mol. The Kier molecular flexibility index (Phi) is 4.60. The Balaban J connectivity index is 1.38. The maximum atomic E-state index is 12.8. The number of hydrogen-bond donors (Lipinski definition) is 1. The van der Waals surface area contributed by atoms with Gasteiger partial charge in [-0.1, -0.05) is 30.3 Å². The zero-order valence-corrected chi connectivity index (χ0v) is 15.9. The summed E-state index contributed by atoms with van der Waals surface area (Å²) in [7, 11) is 0. The van der Waals surface area contributed by atoms with E-state index < -0.39 is 0 Å². The summed E-state index contributed by atoms with van der Waals surface area (Å²) in [5.41, 5.74) is 5.49. The SMILES string of the molecule is Cc1cccc(N2CCN(C(=O)C[C@H]3NC(=O)c4ccccc43)CC2)c1C. The molecule has 5 heteroatoms. The van der Waals surface area contributed by atoms with Gasteiger partial charge in [-0.2, -0.15) is 0 Å². The van der Waals surface area contributed by atoms with E-state index in [0.717, 1.165) is 18.7 Å². The van der Waals surface area contributed by atoms with Crippen molar-refractivity contribution >= 4 is 17.5 Å². The molecule has 0 radical (unpaired) electrons. The van der Waals surface area contributed by atoms with E-state index in [-0.39, 0.29) is 17.9 Å². The van der Waals surface area contributed by atoms with E-state index in [4.69, 9.17) is 0 Å². The molecule has 27 heavy (non-hydrogen) atoms. The zero-order valence-electron chi connectivity index (χ0n) is 15.9. The molecule has 1 atom stereocenters. The van der Waals surface area contributed by atoms with Crippen LogP contribution in [0.2, 0.25) is 0 Å². The van der Waals surface area contributed by atoms with Crippen molar-refractivity contribution in [2.24, 2.45) is 0 Å². The largest absolute Gasteiger partial charge is 0.368 e. The summed E-state index contributed by atoms with van der Waals surface area (Å²) >= 11 is 0. The molecule has 5 nitrogen and oxygen atoms in total. The van der Waals surface area contributed by atoms with Crippen LogP contribution in [0.1, 0.15) is 39.5 Å². The number of benzene rings is 2. The van der Waals surface area contributed by atoms with E-state index in [1.165, 1.54) is 16.8 Å². The van der Waals surface area contributed by atoms with Gasteiger partial charge in [0.1, 0.15) is 0 Å². The van der Waals surface area contributed by atoms with Gasteiger partial charge in [0.2, 0.25) is 5.91 Å². The molecule has 4 rings (SSSR count). The molecule has 2 aromatic carbocycles. The van der Waals surface area contributed by atoms with Crippen LogP contribution in [-0.4, -0.2) is 42.9 Å². The normalized spacial score (nSPS) is 19.0. The summed E-state index contributed by atoms with van der Waals surface area (Å²) in [4.78, 5) is 29.1. The van der Waals surface area contributed by atoms with E-state index in [0.29, 0.717) is 25.1 Å². The number of aryl methyl sites for hydroxylation is 1. The molecule has 2 aliphatic rings. The minimum absolute atomic E-state index is 0.0804. The molecular formula is C22H25N3O2. The Morgan fingerprint density at radius 1 is 1.04 bits per heavy atom. The summed E-state index contributed by atoms with van der Waals surface area (Å²) in [6.07, 6.45) is 0.326. The molecule has 2 aliphatic heterocycles. The topological polar surface area (TPSA) is 52.6 Å². The van der Waals surface area contributed by atoms with Gasteiger partial charge >= 0.3 is 0 Å². The quantitative estimate of drug-likeness (QED) is 0.912. The highest BCUT2D eigenvalue weighted by Crippen LogP contribution is 2.29. The number of hydrogen-bond acceptors (Lipinski definition) is 3. The van der Waals surface area contributed by atoms with E-state index >= 15 is 0 Å². The van der Waals surface area contributed by atoms with Crippen LogP contribution in [-0.2, 0) is 4.79 Å². The van der Waals surface area contributed by atoms with Crippen molar-refractivity contribution in [3.05, 3.63) is 64.7 Å². The Bertz CT molecular complexity index is 885. The third kappa shape index (κ3) is 3.29. The third-order valence-electron chi connectivity index (χ3n) is 5.81. The van der Waals surface area contributed by atoms with Crippen molar-refractivity contribution < 1.29 is 9.59 Å². The number of carbonyl (C=O) groups excluding carboxylic acids is 2. The van der Waals surface area contributed by atoms with Gasteiger partial charge in [0.05, 0.1) is 12.5 Å². The summed E-state index contributed by atoms with van der Waals surface area (Å²) < 4.78 is 0. The Morgan fingerprint density at radius 3 is 2.56 bits per heavy atom. The fourth-order valence-electron chi connectivity index (χ4n) is 4.06. The first kappa shape index (κ1) is 17.6. The summed E-state index contributed by atoms with van der Waals surface area (Å²) in [6.45, 7) is 7.39. The van der Waals surface area contributed by atoms with Crippen LogP contribution in [0.25, 0.3) is 0 Å². The number of rotatable bonds is 3. The summed E-state index contributed by atoms with van der Waals surface area (Å²) in [5.74, 6) is 0.0285. The molecule has 2 aromatic rings. The molecule has 0 spiro atoms. The molecule has 0 aromatic heterocycles. The van der Waals surface area contributed by atoms with Gasteiger partial charge in [-0.05, 0) is 42.7 Å². The highest BCUT2D eigenvalue weighted by atomic mass is 16.2. The number of nitrogens with one attached hydrogen (secondary N) is 1. The van der Waals surface area contributed by atoms with E-state index in [1.807, 2.05) is 29.2 Å². The number of amides is 2. The number of carbonyl (C=O) groups is 2. The lowest BCUT2D eigenvalue weighted by molar-refractivity contribution is -0.132. The van der Waals surface area contributed by atoms with E-state index in [9.17, 15) is 9.59 Å². The lowest BCUT2D eigenvalue weighted by Crippen LogP contribution is -2.49. The second-order valence-corrected chi connectivity index (χ2v) is 7.40. The van der Waals surface area contributed by atoms with Crippen LogP contribution in [0.4, 0.5) is 5.69 Å². The Hall–Kier alpha value is -2.82. The maximum absolute atomic E-state index is 12.8. The molecule has 0 aliphatic carbocycles. The van der Waals surface area contributed by atoms with Gasteiger partial charge in [-0.15, -0.1) is 0 Å². The van der Waals surface area contributed by atoms with E-state index in [1.54, 1.807) is 0 Å². The van der Waals surface area contributed by atoms with Gasteiger partial charge < -0.3 is 15.1 Å². The average molecular weight is 363 g/mol. The van der Waals surface area contributed by atoms with Crippen molar-refractivity contribution in [3.8, 4) is 0 Å². The number of nitrogens with zero attached hydrogens (tertiary/aromatic N) is 2. The molecular weight excluding hydrogens is 338 g/mol. The highest BCUT2D eigenvalue weighted by molar-refractivity contribution is 5.99.